The smallest absolute Gasteiger partial charge is 0.261 e. The van der Waals surface area contributed by atoms with E-state index < -0.39 is 10.0 Å². The Morgan fingerprint density at radius 1 is 0.833 bits per heavy atom. The summed E-state index contributed by atoms with van der Waals surface area (Å²) >= 11 is 5.15. The number of thiocarbonyl (C=S) groups is 1. The van der Waals surface area contributed by atoms with Gasteiger partial charge in [0.15, 0.2) is 5.11 Å². The van der Waals surface area contributed by atoms with Gasteiger partial charge in [0.25, 0.3) is 15.9 Å². The molecule has 30 heavy (non-hydrogen) atoms. The molecule has 3 aromatic carbocycles. The van der Waals surface area contributed by atoms with E-state index >= 15 is 0 Å². The van der Waals surface area contributed by atoms with Crippen molar-refractivity contribution in [2.75, 3.05) is 10.0 Å². The first-order valence-corrected chi connectivity index (χ1v) is 11.0. The van der Waals surface area contributed by atoms with Crippen molar-refractivity contribution in [3.05, 3.63) is 89.5 Å². The fourth-order valence-electron chi connectivity index (χ4n) is 2.66. The zero-order valence-electron chi connectivity index (χ0n) is 16.5. The molecule has 0 unspecified atom stereocenters. The summed E-state index contributed by atoms with van der Waals surface area (Å²) < 4.78 is 27.8. The molecule has 3 N–H and O–H groups in total. The van der Waals surface area contributed by atoms with E-state index in [2.05, 4.69) is 15.4 Å². The van der Waals surface area contributed by atoms with Crippen LogP contribution in [0.4, 0.5) is 11.4 Å². The van der Waals surface area contributed by atoms with Crippen molar-refractivity contribution >= 4 is 44.6 Å². The maximum Gasteiger partial charge on any atom is 0.261 e. The third kappa shape index (κ3) is 5.43. The lowest BCUT2D eigenvalue weighted by Gasteiger charge is -2.12. The van der Waals surface area contributed by atoms with E-state index in [0.29, 0.717) is 16.9 Å². The number of anilines is 2. The van der Waals surface area contributed by atoms with Gasteiger partial charge in [0.05, 0.1) is 4.90 Å². The minimum absolute atomic E-state index is 0.116. The average Bonchev–Trinajstić information content (AvgIpc) is 2.71. The van der Waals surface area contributed by atoms with Gasteiger partial charge < -0.3 is 5.32 Å². The summed E-state index contributed by atoms with van der Waals surface area (Å²) in [5.74, 6) is -0.329. The van der Waals surface area contributed by atoms with Crippen molar-refractivity contribution in [1.29, 1.82) is 0 Å². The molecule has 0 radical (unpaired) electrons. The first-order chi connectivity index (χ1) is 14.2. The fraction of sp³-hybridized carbons (Fsp3) is 0.0909. The molecule has 0 aliphatic heterocycles. The average molecular weight is 440 g/mol. The van der Waals surface area contributed by atoms with Crippen LogP contribution < -0.4 is 15.4 Å². The van der Waals surface area contributed by atoms with Crippen LogP contribution in [-0.2, 0) is 10.0 Å². The zero-order valence-corrected chi connectivity index (χ0v) is 18.1. The number of benzene rings is 3. The Kier molecular flexibility index (Phi) is 6.49. The van der Waals surface area contributed by atoms with Gasteiger partial charge in [-0.3, -0.25) is 14.8 Å². The van der Waals surface area contributed by atoms with Crippen molar-refractivity contribution in [2.24, 2.45) is 0 Å². The van der Waals surface area contributed by atoms with Crippen molar-refractivity contribution in [3.8, 4) is 0 Å². The summed E-state index contributed by atoms with van der Waals surface area (Å²) in [5.41, 5.74) is 3.63. The summed E-state index contributed by atoms with van der Waals surface area (Å²) in [7, 11) is -3.72. The van der Waals surface area contributed by atoms with E-state index in [0.717, 1.165) is 11.1 Å². The van der Waals surface area contributed by atoms with Crippen LogP contribution in [-0.4, -0.2) is 19.4 Å². The van der Waals surface area contributed by atoms with Crippen LogP contribution in [0.1, 0.15) is 21.5 Å². The van der Waals surface area contributed by atoms with Crippen LogP contribution in [0.5, 0.6) is 0 Å². The molecule has 6 nitrogen and oxygen atoms in total. The summed E-state index contributed by atoms with van der Waals surface area (Å²) in [4.78, 5) is 12.2. The fourth-order valence-corrected chi connectivity index (χ4v) is 3.92. The standard InChI is InChI=1S/C22H21N3O3S2/c1-15-8-9-19(14-16(15)2)25-30(27,28)20-12-10-18(11-13-20)23-22(29)24-21(26)17-6-4-3-5-7-17/h3-14,25H,1-2H3,(H2,23,24,26,29). The Balaban J connectivity index is 1.64. The quantitative estimate of drug-likeness (QED) is 0.518. The van der Waals surface area contributed by atoms with Crippen molar-refractivity contribution in [1.82, 2.24) is 5.32 Å². The number of aryl methyl sites for hydroxylation is 2. The molecule has 3 aromatic rings. The zero-order chi connectivity index (χ0) is 21.7. The molecule has 0 aromatic heterocycles. The van der Waals surface area contributed by atoms with Crippen LogP contribution in [0.3, 0.4) is 0 Å². The highest BCUT2D eigenvalue weighted by Crippen LogP contribution is 2.20. The Morgan fingerprint density at radius 2 is 1.47 bits per heavy atom. The summed E-state index contributed by atoms with van der Waals surface area (Å²) in [6.07, 6.45) is 0. The second-order valence-corrected chi connectivity index (χ2v) is 8.79. The molecule has 0 fully saturated rings. The molecule has 0 saturated carbocycles. The lowest BCUT2D eigenvalue weighted by atomic mass is 10.1. The van der Waals surface area contributed by atoms with E-state index in [-0.39, 0.29) is 15.9 Å². The first kappa shape index (κ1) is 21.5. The van der Waals surface area contributed by atoms with Gasteiger partial charge in [-0.05, 0) is 85.7 Å². The molecule has 8 heteroatoms. The molecule has 0 aliphatic rings. The molecular formula is C22H21N3O3S2. The Labute approximate surface area is 181 Å². The van der Waals surface area contributed by atoms with Crippen molar-refractivity contribution in [3.63, 3.8) is 0 Å². The molecule has 0 saturated heterocycles. The number of rotatable bonds is 5. The number of hydrogen-bond donors (Lipinski definition) is 3. The highest BCUT2D eigenvalue weighted by atomic mass is 32.2. The summed E-state index contributed by atoms with van der Waals surface area (Å²) in [5, 5.41) is 5.57. The van der Waals surface area contributed by atoms with Gasteiger partial charge in [-0.2, -0.15) is 0 Å². The maximum absolute atomic E-state index is 12.6. The molecule has 0 atom stereocenters. The second kappa shape index (κ2) is 9.06. The molecule has 0 bridgehead atoms. The summed E-state index contributed by atoms with van der Waals surface area (Å²) in [6, 6.07) is 20.2. The topological polar surface area (TPSA) is 87.3 Å². The molecule has 3 rings (SSSR count). The number of carbonyl (C=O) groups is 1. The minimum atomic E-state index is -3.72. The molecule has 154 valence electrons. The van der Waals surface area contributed by atoms with Gasteiger partial charge in [-0.1, -0.05) is 24.3 Å². The van der Waals surface area contributed by atoms with Crippen LogP contribution in [0.15, 0.2) is 77.7 Å². The Hall–Kier alpha value is -3.23. The van der Waals surface area contributed by atoms with E-state index in [9.17, 15) is 13.2 Å². The monoisotopic (exact) mass is 439 g/mol. The van der Waals surface area contributed by atoms with Crippen LogP contribution in [0.25, 0.3) is 0 Å². The highest BCUT2D eigenvalue weighted by Gasteiger charge is 2.15. The number of sulfonamides is 1. The molecule has 0 aliphatic carbocycles. The number of carbonyl (C=O) groups excluding carboxylic acids is 1. The SMILES string of the molecule is Cc1ccc(NS(=O)(=O)c2ccc(NC(=S)NC(=O)c3ccccc3)cc2)cc1C. The second-order valence-electron chi connectivity index (χ2n) is 6.70. The Bertz CT molecular complexity index is 1180. The number of amides is 1. The third-order valence-corrected chi connectivity index (χ3v) is 6.05. The summed E-state index contributed by atoms with van der Waals surface area (Å²) in [6.45, 7) is 3.89. The maximum atomic E-state index is 12.6. The van der Waals surface area contributed by atoms with Gasteiger partial charge in [0.1, 0.15) is 0 Å². The van der Waals surface area contributed by atoms with Gasteiger partial charge in [-0.25, -0.2) is 8.42 Å². The molecular weight excluding hydrogens is 418 g/mol. The lowest BCUT2D eigenvalue weighted by molar-refractivity contribution is 0.0977. The van der Waals surface area contributed by atoms with Gasteiger partial charge in [-0.15, -0.1) is 0 Å². The van der Waals surface area contributed by atoms with Crippen LogP contribution in [0.2, 0.25) is 0 Å². The van der Waals surface area contributed by atoms with E-state index in [1.807, 2.05) is 26.0 Å². The molecule has 1 amide bonds. The van der Waals surface area contributed by atoms with Crippen LogP contribution in [0, 0.1) is 13.8 Å². The first-order valence-electron chi connectivity index (χ1n) is 9.12. The van der Waals surface area contributed by atoms with Crippen molar-refractivity contribution in [2.45, 2.75) is 18.7 Å². The van der Waals surface area contributed by atoms with Gasteiger partial charge in [0, 0.05) is 16.9 Å². The minimum Gasteiger partial charge on any atom is -0.332 e. The highest BCUT2D eigenvalue weighted by molar-refractivity contribution is 7.92. The predicted molar refractivity (Wildman–Crippen MR) is 123 cm³/mol. The van der Waals surface area contributed by atoms with Gasteiger partial charge in [0.2, 0.25) is 0 Å². The normalized spacial score (nSPS) is 10.9. The predicted octanol–water partition coefficient (Wildman–Crippen LogP) is 4.23. The van der Waals surface area contributed by atoms with Crippen molar-refractivity contribution < 1.29 is 13.2 Å². The largest absolute Gasteiger partial charge is 0.332 e. The van der Waals surface area contributed by atoms with E-state index in [4.69, 9.17) is 12.2 Å². The van der Waals surface area contributed by atoms with Gasteiger partial charge >= 0.3 is 0 Å². The van der Waals surface area contributed by atoms with Crippen LogP contribution >= 0.6 is 12.2 Å². The molecule has 0 spiro atoms. The van der Waals surface area contributed by atoms with E-state index in [1.54, 1.807) is 48.5 Å². The third-order valence-electron chi connectivity index (χ3n) is 4.44. The number of nitrogens with one attached hydrogen (secondary N) is 3. The lowest BCUT2D eigenvalue weighted by Crippen LogP contribution is -2.34. The van der Waals surface area contributed by atoms with E-state index in [1.165, 1.54) is 12.1 Å². The Morgan fingerprint density at radius 3 is 2.10 bits per heavy atom. The molecule has 0 heterocycles. The number of hydrogen-bond acceptors (Lipinski definition) is 4.